The summed E-state index contributed by atoms with van der Waals surface area (Å²) >= 11 is 2.00. The molecule has 1 aliphatic rings. The van der Waals surface area contributed by atoms with E-state index in [4.69, 9.17) is 0 Å². The second-order valence-corrected chi connectivity index (χ2v) is 6.04. The first kappa shape index (κ1) is 14.3. The van der Waals surface area contributed by atoms with Gasteiger partial charge >= 0.3 is 0 Å². The van der Waals surface area contributed by atoms with Gasteiger partial charge in [-0.25, -0.2) is 4.39 Å². The lowest BCUT2D eigenvalue weighted by Gasteiger charge is -2.23. The maximum atomic E-state index is 13.2. The molecule has 5 heteroatoms. The third-order valence-electron chi connectivity index (χ3n) is 3.48. The predicted octanol–water partition coefficient (Wildman–Crippen LogP) is 3.89. The van der Waals surface area contributed by atoms with Gasteiger partial charge in [-0.3, -0.25) is 4.79 Å². The molecule has 2 aromatic rings. The number of anilines is 2. The van der Waals surface area contributed by atoms with Gasteiger partial charge in [0.1, 0.15) is 5.82 Å². The van der Waals surface area contributed by atoms with Gasteiger partial charge in [-0.05, 0) is 59.3 Å². The summed E-state index contributed by atoms with van der Waals surface area (Å²) in [6, 6.07) is 12.0. The van der Waals surface area contributed by atoms with E-state index in [-0.39, 0.29) is 11.7 Å². The van der Waals surface area contributed by atoms with E-state index < -0.39 is 0 Å². The number of nitrogens with one attached hydrogen (secondary N) is 1. The van der Waals surface area contributed by atoms with E-state index in [1.807, 2.05) is 46.9 Å². The average Bonchev–Trinajstić information content (AvgIpc) is 2.69. The normalized spacial score (nSPS) is 14.1. The number of rotatable bonds is 1. The number of carbonyl (C=O) groups excluding carboxylic acids is 1. The van der Waals surface area contributed by atoms with Crippen molar-refractivity contribution in [2.75, 3.05) is 23.3 Å². The summed E-state index contributed by atoms with van der Waals surface area (Å²) in [6.07, 6.45) is 0.873. The number of para-hydroxylation sites is 2. The average molecular weight is 396 g/mol. The Morgan fingerprint density at radius 1 is 1.24 bits per heavy atom. The zero-order chi connectivity index (χ0) is 14.8. The Kier molecular flexibility index (Phi) is 4.10. The van der Waals surface area contributed by atoms with E-state index in [0.29, 0.717) is 15.7 Å². The molecule has 3 rings (SSSR count). The number of nitrogens with zero attached hydrogens (tertiary/aromatic N) is 1. The molecule has 0 saturated carbocycles. The Hall–Kier alpha value is -1.63. The maximum Gasteiger partial charge on any atom is 0.259 e. The van der Waals surface area contributed by atoms with Crippen molar-refractivity contribution in [1.29, 1.82) is 0 Å². The number of amides is 1. The molecule has 1 amide bonds. The third-order valence-corrected chi connectivity index (χ3v) is 4.37. The van der Waals surface area contributed by atoms with Crippen molar-refractivity contribution >= 4 is 39.9 Å². The first-order chi connectivity index (χ1) is 10.2. The summed E-state index contributed by atoms with van der Waals surface area (Å²) in [5.74, 6) is -0.413. The Bertz CT molecular complexity index is 690. The highest BCUT2D eigenvalue weighted by Crippen LogP contribution is 2.30. The second kappa shape index (κ2) is 6.01. The molecule has 3 nitrogen and oxygen atoms in total. The summed E-state index contributed by atoms with van der Waals surface area (Å²) < 4.78 is 13.8. The summed E-state index contributed by atoms with van der Waals surface area (Å²) in [5, 5.41) is 3.33. The number of benzene rings is 2. The van der Waals surface area contributed by atoms with Gasteiger partial charge in [-0.15, -0.1) is 0 Å². The molecular formula is C16H14FIN2O. The molecule has 0 fully saturated rings. The van der Waals surface area contributed by atoms with Crippen LogP contribution in [0.15, 0.2) is 42.5 Å². The van der Waals surface area contributed by atoms with Gasteiger partial charge in [-0.2, -0.15) is 0 Å². The van der Waals surface area contributed by atoms with E-state index in [1.54, 1.807) is 11.0 Å². The van der Waals surface area contributed by atoms with Crippen LogP contribution in [0.5, 0.6) is 0 Å². The molecule has 0 spiro atoms. The molecule has 0 aromatic heterocycles. The summed E-state index contributed by atoms with van der Waals surface area (Å²) in [6.45, 7) is 1.48. The van der Waals surface area contributed by atoms with Crippen LogP contribution < -0.4 is 10.2 Å². The first-order valence-corrected chi connectivity index (χ1v) is 7.84. The van der Waals surface area contributed by atoms with Gasteiger partial charge in [0.25, 0.3) is 5.91 Å². The van der Waals surface area contributed by atoms with Crippen molar-refractivity contribution in [3.05, 3.63) is 57.4 Å². The van der Waals surface area contributed by atoms with Crippen LogP contribution in [-0.4, -0.2) is 19.0 Å². The minimum Gasteiger partial charge on any atom is -0.383 e. The molecule has 1 aliphatic heterocycles. The highest BCUT2D eigenvalue weighted by atomic mass is 127. The molecule has 0 saturated heterocycles. The Labute approximate surface area is 136 Å². The second-order valence-electron chi connectivity index (χ2n) is 4.88. The molecule has 0 aliphatic carbocycles. The largest absolute Gasteiger partial charge is 0.383 e. The van der Waals surface area contributed by atoms with Crippen LogP contribution in [0.4, 0.5) is 15.8 Å². The molecule has 0 unspecified atom stereocenters. The van der Waals surface area contributed by atoms with E-state index in [9.17, 15) is 9.18 Å². The number of hydrogen-bond acceptors (Lipinski definition) is 2. The highest BCUT2D eigenvalue weighted by molar-refractivity contribution is 14.1. The lowest BCUT2D eigenvalue weighted by atomic mass is 10.1. The fourth-order valence-corrected chi connectivity index (χ4v) is 3.17. The predicted molar refractivity (Wildman–Crippen MR) is 90.3 cm³/mol. The smallest absolute Gasteiger partial charge is 0.259 e. The monoisotopic (exact) mass is 396 g/mol. The van der Waals surface area contributed by atoms with E-state index >= 15 is 0 Å². The molecule has 108 valence electrons. The summed E-state index contributed by atoms with van der Waals surface area (Å²) in [4.78, 5) is 14.6. The van der Waals surface area contributed by atoms with Crippen molar-refractivity contribution in [2.24, 2.45) is 0 Å². The number of carbonyl (C=O) groups is 1. The lowest BCUT2D eigenvalue weighted by molar-refractivity contribution is 0.0986. The Balaban J connectivity index is 2.01. The van der Waals surface area contributed by atoms with Gasteiger partial charge in [-0.1, -0.05) is 12.1 Å². The molecule has 0 atom stereocenters. The van der Waals surface area contributed by atoms with E-state index in [2.05, 4.69) is 5.32 Å². The topological polar surface area (TPSA) is 32.3 Å². The number of hydrogen-bond donors (Lipinski definition) is 1. The van der Waals surface area contributed by atoms with Crippen molar-refractivity contribution < 1.29 is 9.18 Å². The minimum atomic E-state index is -0.325. The number of fused-ring (bicyclic) bond motifs is 1. The van der Waals surface area contributed by atoms with Crippen LogP contribution >= 0.6 is 22.6 Å². The van der Waals surface area contributed by atoms with E-state index in [1.165, 1.54) is 12.1 Å². The Morgan fingerprint density at radius 2 is 2.05 bits per heavy atom. The fraction of sp³-hybridized carbons (Fsp3) is 0.188. The minimum absolute atomic E-state index is 0.0875. The van der Waals surface area contributed by atoms with Crippen molar-refractivity contribution in [1.82, 2.24) is 0 Å². The van der Waals surface area contributed by atoms with Gasteiger partial charge in [0.2, 0.25) is 0 Å². The van der Waals surface area contributed by atoms with Crippen molar-refractivity contribution in [3.8, 4) is 0 Å². The molecule has 2 aromatic carbocycles. The SMILES string of the molecule is O=C(c1ccc(F)cc1I)N1CCCNc2ccccc21. The van der Waals surface area contributed by atoms with Crippen molar-refractivity contribution in [2.45, 2.75) is 6.42 Å². The molecular weight excluding hydrogens is 382 g/mol. The van der Waals surface area contributed by atoms with Crippen LogP contribution in [0.2, 0.25) is 0 Å². The van der Waals surface area contributed by atoms with Crippen LogP contribution in [0.25, 0.3) is 0 Å². The molecule has 1 N–H and O–H groups in total. The van der Waals surface area contributed by atoms with Gasteiger partial charge < -0.3 is 10.2 Å². The standard InChI is InChI=1S/C16H14FIN2O/c17-11-6-7-12(13(18)10-11)16(21)20-9-3-8-19-14-4-1-2-5-15(14)20/h1-2,4-7,10,19H,3,8-9H2. The fourth-order valence-electron chi connectivity index (χ4n) is 2.46. The zero-order valence-corrected chi connectivity index (χ0v) is 13.4. The van der Waals surface area contributed by atoms with Crippen molar-refractivity contribution in [3.63, 3.8) is 0 Å². The summed E-state index contributed by atoms with van der Waals surface area (Å²) in [7, 11) is 0. The Morgan fingerprint density at radius 3 is 2.86 bits per heavy atom. The van der Waals surface area contributed by atoms with Crippen LogP contribution in [0.3, 0.4) is 0 Å². The van der Waals surface area contributed by atoms with Gasteiger partial charge in [0.15, 0.2) is 0 Å². The first-order valence-electron chi connectivity index (χ1n) is 6.76. The van der Waals surface area contributed by atoms with Crippen LogP contribution in [-0.2, 0) is 0 Å². The summed E-state index contributed by atoms with van der Waals surface area (Å²) in [5.41, 5.74) is 2.37. The van der Waals surface area contributed by atoms with E-state index in [0.717, 1.165) is 24.3 Å². The molecule has 21 heavy (non-hydrogen) atoms. The van der Waals surface area contributed by atoms with Gasteiger partial charge in [0.05, 0.1) is 16.9 Å². The zero-order valence-electron chi connectivity index (χ0n) is 11.3. The molecule has 0 bridgehead atoms. The number of halogens is 2. The van der Waals surface area contributed by atoms with Gasteiger partial charge in [0, 0.05) is 16.7 Å². The highest BCUT2D eigenvalue weighted by Gasteiger charge is 2.23. The molecule has 1 heterocycles. The lowest BCUT2D eigenvalue weighted by Crippen LogP contribution is -2.32. The van der Waals surface area contributed by atoms with Crippen LogP contribution in [0.1, 0.15) is 16.8 Å². The maximum absolute atomic E-state index is 13.2. The molecule has 0 radical (unpaired) electrons. The quantitative estimate of drug-likeness (QED) is 0.742. The van der Waals surface area contributed by atoms with Crippen LogP contribution in [0, 0.1) is 9.39 Å². The third kappa shape index (κ3) is 2.88.